The van der Waals surface area contributed by atoms with Crippen molar-refractivity contribution < 1.29 is 31.1 Å². The summed E-state index contributed by atoms with van der Waals surface area (Å²) in [6.45, 7) is -0.143. The zero-order valence-electron chi connectivity index (χ0n) is 16.5. The van der Waals surface area contributed by atoms with Crippen LogP contribution in [0.3, 0.4) is 0 Å². The molecule has 0 aliphatic carbocycles. The first-order chi connectivity index (χ1) is 15.0. The lowest BCUT2D eigenvalue weighted by molar-refractivity contribution is -0.253. The highest BCUT2D eigenvalue weighted by atomic mass is 35.5. The summed E-state index contributed by atoms with van der Waals surface area (Å²) in [5, 5.41) is 0. The molecular formula is C23H18ClF6NO. The molecule has 0 amide bonds. The molecule has 0 aliphatic rings. The van der Waals surface area contributed by atoms with Crippen LogP contribution in [0.1, 0.15) is 22.3 Å². The molecule has 9 heteroatoms. The Morgan fingerprint density at radius 2 is 1.59 bits per heavy atom. The fraction of sp³-hybridized carbons (Fsp3) is 0.217. The Kier molecular flexibility index (Phi) is 7.05. The van der Waals surface area contributed by atoms with E-state index in [0.717, 1.165) is 18.2 Å². The number of nitrogens with two attached hydrogens (primary N) is 1. The molecule has 0 radical (unpaired) electrons. The average molecular weight is 474 g/mol. The van der Waals surface area contributed by atoms with Crippen molar-refractivity contribution in [2.45, 2.75) is 30.4 Å². The van der Waals surface area contributed by atoms with Gasteiger partial charge in [0.1, 0.15) is 17.4 Å². The Balaban J connectivity index is 2.15. The topological polar surface area (TPSA) is 35.2 Å². The van der Waals surface area contributed by atoms with E-state index in [1.165, 1.54) is 12.1 Å². The molecule has 1 atom stereocenters. The van der Waals surface area contributed by atoms with Gasteiger partial charge >= 0.3 is 12.5 Å². The molecule has 0 saturated heterocycles. The van der Waals surface area contributed by atoms with Crippen LogP contribution in [-0.4, -0.2) is 12.5 Å². The van der Waals surface area contributed by atoms with Crippen LogP contribution >= 0.6 is 11.6 Å². The molecule has 170 valence electrons. The predicted octanol–water partition coefficient (Wildman–Crippen LogP) is 6.39. The van der Waals surface area contributed by atoms with Crippen molar-refractivity contribution in [3.63, 3.8) is 0 Å². The summed E-state index contributed by atoms with van der Waals surface area (Å²) in [6, 6.07) is 15.1. The standard InChI is InChI=1S/C23H18ClF6NO/c24-22(12-14-4-2-1-3-5-14,16-6-7-20(26)15(8-16)13-31)17-9-18(25)11-19(10-17)32-23(29,30)21(27)28/h1-11,21H,12-13,31H2. The summed E-state index contributed by atoms with van der Waals surface area (Å²) in [4.78, 5) is -1.58. The largest absolute Gasteiger partial charge is 0.461 e. The van der Waals surface area contributed by atoms with E-state index in [9.17, 15) is 26.3 Å². The van der Waals surface area contributed by atoms with Crippen LogP contribution in [-0.2, 0) is 17.8 Å². The predicted molar refractivity (Wildman–Crippen MR) is 109 cm³/mol. The van der Waals surface area contributed by atoms with Crippen molar-refractivity contribution in [1.82, 2.24) is 0 Å². The molecule has 0 spiro atoms. The molecule has 2 N–H and O–H groups in total. The lowest BCUT2D eigenvalue weighted by atomic mass is 9.84. The van der Waals surface area contributed by atoms with Gasteiger partial charge in [0.25, 0.3) is 0 Å². The molecule has 0 aliphatic heterocycles. The van der Waals surface area contributed by atoms with Crippen molar-refractivity contribution in [3.05, 3.63) is 101 Å². The van der Waals surface area contributed by atoms with Gasteiger partial charge in [-0.25, -0.2) is 8.78 Å². The molecule has 3 aromatic carbocycles. The fourth-order valence-corrected chi connectivity index (χ4v) is 3.66. The fourth-order valence-electron chi connectivity index (χ4n) is 3.28. The van der Waals surface area contributed by atoms with Crippen LogP contribution in [0, 0.1) is 11.6 Å². The number of benzene rings is 3. The Labute approximate surface area is 185 Å². The van der Waals surface area contributed by atoms with Crippen LogP contribution in [0.25, 0.3) is 0 Å². The van der Waals surface area contributed by atoms with Gasteiger partial charge in [0.15, 0.2) is 0 Å². The maximum absolute atomic E-state index is 14.3. The van der Waals surface area contributed by atoms with Gasteiger partial charge in [0.2, 0.25) is 0 Å². The summed E-state index contributed by atoms with van der Waals surface area (Å²) in [5.74, 6) is -2.43. The first-order valence-corrected chi connectivity index (χ1v) is 9.81. The third kappa shape index (κ3) is 5.19. The zero-order valence-corrected chi connectivity index (χ0v) is 17.2. The smallest absolute Gasteiger partial charge is 0.428 e. The second kappa shape index (κ2) is 9.42. The monoisotopic (exact) mass is 473 g/mol. The molecule has 1 unspecified atom stereocenters. The first kappa shape index (κ1) is 23.9. The Hall–Kier alpha value is -2.71. The van der Waals surface area contributed by atoms with Crippen LogP contribution in [0.15, 0.2) is 66.7 Å². The van der Waals surface area contributed by atoms with Gasteiger partial charge in [-0.3, -0.25) is 0 Å². The zero-order chi connectivity index (χ0) is 23.5. The van der Waals surface area contributed by atoms with E-state index >= 15 is 0 Å². The van der Waals surface area contributed by atoms with Crippen LogP contribution in [0.2, 0.25) is 0 Å². The van der Waals surface area contributed by atoms with Crippen LogP contribution in [0.5, 0.6) is 5.75 Å². The molecule has 3 rings (SSSR count). The summed E-state index contributed by atoms with van der Waals surface area (Å²) in [7, 11) is 0. The molecule has 3 aromatic rings. The molecule has 2 nitrogen and oxygen atoms in total. The molecule has 0 fully saturated rings. The van der Waals surface area contributed by atoms with Crippen LogP contribution < -0.4 is 10.5 Å². The SMILES string of the molecule is NCc1cc(C(Cl)(Cc2ccccc2)c2cc(F)cc(OC(F)(F)C(F)F)c2)ccc1F. The molecule has 32 heavy (non-hydrogen) atoms. The van der Waals surface area contributed by atoms with E-state index in [4.69, 9.17) is 17.3 Å². The van der Waals surface area contributed by atoms with E-state index < -0.39 is 34.8 Å². The number of ether oxygens (including phenoxy) is 1. The van der Waals surface area contributed by atoms with Gasteiger partial charge in [-0.05, 0) is 47.4 Å². The molecular weight excluding hydrogens is 456 g/mol. The molecule has 0 saturated carbocycles. The van der Waals surface area contributed by atoms with Gasteiger partial charge < -0.3 is 10.5 Å². The number of halogens is 7. The average Bonchev–Trinajstić information content (AvgIpc) is 2.73. The summed E-state index contributed by atoms with van der Waals surface area (Å²) < 4.78 is 84.4. The minimum atomic E-state index is -4.83. The van der Waals surface area contributed by atoms with E-state index in [2.05, 4.69) is 4.74 Å². The number of hydrogen-bond acceptors (Lipinski definition) is 2. The maximum Gasteiger partial charge on any atom is 0.461 e. The minimum absolute atomic E-state index is 0.0408. The first-order valence-electron chi connectivity index (χ1n) is 9.43. The second-order valence-corrected chi connectivity index (χ2v) is 7.76. The quantitative estimate of drug-likeness (QED) is 0.304. The van der Waals surface area contributed by atoms with E-state index in [0.29, 0.717) is 17.2 Å². The molecule has 0 bridgehead atoms. The summed E-state index contributed by atoms with van der Waals surface area (Å²) in [6.07, 6.45) is -8.91. The van der Waals surface area contributed by atoms with E-state index in [-0.39, 0.29) is 24.1 Å². The Morgan fingerprint density at radius 3 is 2.22 bits per heavy atom. The number of alkyl halides is 5. The van der Waals surface area contributed by atoms with E-state index in [1.54, 1.807) is 30.3 Å². The van der Waals surface area contributed by atoms with Crippen molar-refractivity contribution in [2.75, 3.05) is 0 Å². The maximum atomic E-state index is 14.3. The van der Waals surface area contributed by atoms with E-state index in [1.807, 2.05) is 0 Å². The number of rotatable bonds is 8. The van der Waals surface area contributed by atoms with Crippen molar-refractivity contribution in [2.24, 2.45) is 5.73 Å². The Morgan fingerprint density at radius 1 is 0.906 bits per heavy atom. The van der Waals surface area contributed by atoms with Crippen LogP contribution in [0.4, 0.5) is 26.3 Å². The van der Waals surface area contributed by atoms with Gasteiger partial charge in [-0.15, -0.1) is 11.6 Å². The van der Waals surface area contributed by atoms with Crippen molar-refractivity contribution in [1.29, 1.82) is 0 Å². The normalized spacial score (nSPS) is 13.8. The van der Waals surface area contributed by atoms with Gasteiger partial charge in [-0.1, -0.05) is 36.4 Å². The van der Waals surface area contributed by atoms with Gasteiger partial charge in [0, 0.05) is 18.2 Å². The van der Waals surface area contributed by atoms with Gasteiger partial charge in [-0.2, -0.15) is 17.6 Å². The third-order valence-electron chi connectivity index (χ3n) is 4.85. The highest BCUT2D eigenvalue weighted by Gasteiger charge is 2.44. The third-order valence-corrected chi connectivity index (χ3v) is 5.42. The molecule has 0 heterocycles. The number of hydrogen-bond donors (Lipinski definition) is 1. The lowest BCUT2D eigenvalue weighted by Crippen LogP contribution is -2.33. The van der Waals surface area contributed by atoms with Gasteiger partial charge in [0.05, 0.1) is 4.87 Å². The van der Waals surface area contributed by atoms with Crippen molar-refractivity contribution in [3.8, 4) is 5.75 Å². The lowest BCUT2D eigenvalue weighted by Gasteiger charge is -2.30. The van der Waals surface area contributed by atoms with Crippen molar-refractivity contribution >= 4 is 11.6 Å². The molecule has 0 aromatic heterocycles. The summed E-state index contributed by atoms with van der Waals surface area (Å²) >= 11 is 6.96. The minimum Gasteiger partial charge on any atom is -0.428 e. The highest BCUT2D eigenvalue weighted by molar-refractivity contribution is 6.26. The second-order valence-electron chi connectivity index (χ2n) is 7.11. The summed E-state index contributed by atoms with van der Waals surface area (Å²) in [5.41, 5.74) is 6.68. The Bertz CT molecular complexity index is 1080. The highest BCUT2D eigenvalue weighted by Crippen LogP contribution is 2.42.